The summed E-state index contributed by atoms with van der Waals surface area (Å²) < 4.78 is 32.6. The van der Waals surface area contributed by atoms with Crippen LogP contribution in [0.5, 0.6) is 5.75 Å². The van der Waals surface area contributed by atoms with E-state index in [-0.39, 0.29) is 23.1 Å². The van der Waals surface area contributed by atoms with Crippen molar-refractivity contribution in [1.29, 1.82) is 0 Å². The van der Waals surface area contributed by atoms with Gasteiger partial charge in [0.2, 0.25) is 15.9 Å². The lowest BCUT2D eigenvalue weighted by Crippen LogP contribution is -2.26. The van der Waals surface area contributed by atoms with Crippen molar-refractivity contribution < 1.29 is 17.9 Å². The van der Waals surface area contributed by atoms with E-state index in [1.165, 1.54) is 26.2 Å². The molecule has 0 saturated carbocycles. The van der Waals surface area contributed by atoms with Gasteiger partial charge in [-0.1, -0.05) is 6.07 Å². The van der Waals surface area contributed by atoms with Gasteiger partial charge in [0.1, 0.15) is 10.6 Å². The molecule has 8 heteroatoms. The second kappa shape index (κ2) is 7.58. The smallest absolute Gasteiger partial charge is 0.244 e. The summed E-state index contributed by atoms with van der Waals surface area (Å²) in [7, 11) is -2.34. The molecule has 23 heavy (non-hydrogen) atoms. The molecule has 1 amide bonds. The van der Waals surface area contributed by atoms with E-state index >= 15 is 0 Å². The monoisotopic (exact) mass is 354 g/mol. The number of benzene rings is 1. The summed E-state index contributed by atoms with van der Waals surface area (Å²) in [6, 6.07) is 8.36. The van der Waals surface area contributed by atoms with Crippen molar-refractivity contribution in [2.75, 3.05) is 19.0 Å². The van der Waals surface area contributed by atoms with E-state index in [9.17, 15) is 13.2 Å². The van der Waals surface area contributed by atoms with Gasteiger partial charge in [-0.3, -0.25) is 4.79 Å². The third-order valence-corrected chi connectivity index (χ3v) is 5.44. The largest absolute Gasteiger partial charge is 0.495 e. The van der Waals surface area contributed by atoms with Crippen LogP contribution in [0, 0.1) is 0 Å². The molecule has 0 aliphatic carbocycles. The summed E-state index contributed by atoms with van der Waals surface area (Å²) in [5.41, 5.74) is 0.400. The van der Waals surface area contributed by atoms with E-state index in [0.29, 0.717) is 12.1 Å². The molecular weight excluding hydrogens is 336 g/mol. The van der Waals surface area contributed by atoms with E-state index in [2.05, 4.69) is 10.0 Å². The molecule has 0 aliphatic heterocycles. The minimum absolute atomic E-state index is 0.00238. The number of methoxy groups -OCH3 is 1. The molecule has 0 fully saturated rings. The van der Waals surface area contributed by atoms with E-state index in [4.69, 9.17) is 4.74 Å². The number of ether oxygens (including phenoxy) is 1. The number of amides is 1. The maximum absolute atomic E-state index is 12.5. The van der Waals surface area contributed by atoms with Gasteiger partial charge in [-0.05, 0) is 36.1 Å². The Bertz CT molecular complexity index is 771. The van der Waals surface area contributed by atoms with E-state index in [1.807, 2.05) is 17.5 Å². The zero-order valence-electron chi connectivity index (χ0n) is 12.8. The SMILES string of the molecule is COc1ccc(NC(C)=O)cc1S(=O)(=O)NCCc1cccs1. The molecule has 0 atom stereocenters. The van der Waals surface area contributed by atoms with Gasteiger partial charge in [0.05, 0.1) is 7.11 Å². The van der Waals surface area contributed by atoms with E-state index in [1.54, 1.807) is 17.4 Å². The first-order chi connectivity index (χ1) is 10.9. The highest BCUT2D eigenvalue weighted by Crippen LogP contribution is 2.27. The lowest BCUT2D eigenvalue weighted by molar-refractivity contribution is -0.114. The number of anilines is 1. The Morgan fingerprint density at radius 3 is 2.70 bits per heavy atom. The Labute approximate surface area is 139 Å². The van der Waals surface area contributed by atoms with E-state index in [0.717, 1.165) is 4.88 Å². The van der Waals surface area contributed by atoms with Gasteiger partial charge >= 0.3 is 0 Å². The summed E-state index contributed by atoms with van der Waals surface area (Å²) in [6.07, 6.45) is 0.616. The Morgan fingerprint density at radius 1 is 1.30 bits per heavy atom. The van der Waals surface area contributed by atoms with Crippen LogP contribution >= 0.6 is 11.3 Å². The van der Waals surface area contributed by atoms with Crippen molar-refractivity contribution in [3.05, 3.63) is 40.6 Å². The summed E-state index contributed by atoms with van der Waals surface area (Å²) >= 11 is 1.58. The molecule has 0 radical (unpaired) electrons. The van der Waals surface area contributed by atoms with Crippen LogP contribution in [0.25, 0.3) is 0 Å². The normalized spacial score (nSPS) is 11.2. The molecule has 0 aliphatic rings. The molecule has 0 saturated heterocycles. The van der Waals surface area contributed by atoms with Crippen molar-refractivity contribution in [1.82, 2.24) is 4.72 Å². The minimum atomic E-state index is -3.74. The van der Waals surface area contributed by atoms with Crippen LogP contribution in [0.1, 0.15) is 11.8 Å². The van der Waals surface area contributed by atoms with Crippen molar-refractivity contribution in [3.63, 3.8) is 0 Å². The maximum atomic E-state index is 12.5. The summed E-state index contributed by atoms with van der Waals surface area (Å²) in [4.78, 5) is 12.2. The summed E-state index contributed by atoms with van der Waals surface area (Å²) in [5.74, 6) is -0.0492. The fraction of sp³-hybridized carbons (Fsp3) is 0.267. The predicted molar refractivity (Wildman–Crippen MR) is 90.5 cm³/mol. The fourth-order valence-corrected chi connectivity index (χ4v) is 3.94. The third-order valence-electron chi connectivity index (χ3n) is 3.02. The lowest BCUT2D eigenvalue weighted by atomic mass is 10.3. The van der Waals surface area contributed by atoms with Crippen molar-refractivity contribution in [2.45, 2.75) is 18.2 Å². The van der Waals surface area contributed by atoms with Crippen molar-refractivity contribution in [2.24, 2.45) is 0 Å². The fourth-order valence-electron chi connectivity index (χ4n) is 2.01. The average molecular weight is 354 g/mol. The molecule has 0 spiro atoms. The molecule has 6 nitrogen and oxygen atoms in total. The Hall–Kier alpha value is -1.90. The number of carbonyl (C=O) groups is 1. The van der Waals surface area contributed by atoms with Crippen LogP contribution in [0.15, 0.2) is 40.6 Å². The standard InChI is InChI=1S/C15H18N2O4S2/c1-11(18)17-12-5-6-14(21-2)15(10-12)23(19,20)16-8-7-13-4-3-9-22-13/h3-6,9-10,16H,7-8H2,1-2H3,(H,17,18). The number of nitrogens with one attached hydrogen (secondary N) is 2. The third kappa shape index (κ3) is 4.78. The predicted octanol–water partition coefficient (Wildman–Crippen LogP) is 2.24. The quantitative estimate of drug-likeness (QED) is 0.799. The second-order valence-corrected chi connectivity index (χ2v) is 7.54. The molecule has 0 bridgehead atoms. The molecule has 1 aromatic heterocycles. The Kier molecular flexibility index (Phi) is 5.75. The highest BCUT2D eigenvalue weighted by atomic mass is 32.2. The molecule has 2 rings (SSSR count). The molecule has 1 aromatic carbocycles. The number of thiophene rings is 1. The number of hydrogen-bond acceptors (Lipinski definition) is 5. The number of hydrogen-bond donors (Lipinski definition) is 2. The van der Waals surface area contributed by atoms with Crippen LogP contribution in [0.2, 0.25) is 0 Å². The lowest BCUT2D eigenvalue weighted by Gasteiger charge is -2.12. The molecule has 0 unspecified atom stereocenters. The van der Waals surface area contributed by atoms with Gasteiger partial charge in [-0.25, -0.2) is 13.1 Å². The van der Waals surface area contributed by atoms with Gasteiger partial charge < -0.3 is 10.1 Å². The van der Waals surface area contributed by atoms with Gasteiger partial charge in [0.25, 0.3) is 0 Å². The van der Waals surface area contributed by atoms with Gasteiger partial charge in [0.15, 0.2) is 0 Å². The minimum Gasteiger partial charge on any atom is -0.495 e. The number of rotatable bonds is 7. The molecule has 2 aromatic rings. The van der Waals surface area contributed by atoms with Crippen LogP contribution in [-0.4, -0.2) is 28.0 Å². The molecule has 124 valence electrons. The highest BCUT2D eigenvalue weighted by Gasteiger charge is 2.20. The van der Waals surface area contributed by atoms with Crippen LogP contribution in [0.4, 0.5) is 5.69 Å². The average Bonchev–Trinajstić information content (AvgIpc) is 2.99. The maximum Gasteiger partial charge on any atom is 0.244 e. The first kappa shape index (κ1) is 17.5. The summed E-state index contributed by atoms with van der Waals surface area (Å²) in [5, 5.41) is 4.51. The molecule has 1 heterocycles. The molecule has 2 N–H and O–H groups in total. The zero-order valence-corrected chi connectivity index (χ0v) is 14.5. The van der Waals surface area contributed by atoms with Gasteiger partial charge in [-0.15, -0.1) is 11.3 Å². The highest BCUT2D eigenvalue weighted by molar-refractivity contribution is 7.89. The van der Waals surface area contributed by atoms with Crippen LogP contribution in [0.3, 0.4) is 0 Å². The number of carbonyl (C=O) groups excluding carboxylic acids is 1. The zero-order chi connectivity index (χ0) is 16.9. The van der Waals surface area contributed by atoms with E-state index < -0.39 is 10.0 Å². The van der Waals surface area contributed by atoms with Crippen LogP contribution in [-0.2, 0) is 21.2 Å². The topological polar surface area (TPSA) is 84.5 Å². The van der Waals surface area contributed by atoms with Crippen molar-refractivity contribution >= 4 is 33.0 Å². The van der Waals surface area contributed by atoms with Gasteiger partial charge in [-0.2, -0.15) is 0 Å². The van der Waals surface area contributed by atoms with Crippen LogP contribution < -0.4 is 14.8 Å². The van der Waals surface area contributed by atoms with Crippen molar-refractivity contribution in [3.8, 4) is 5.75 Å². The second-order valence-electron chi connectivity index (χ2n) is 4.77. The molecular formula is C15H18N2O4S2. The van der Waals surface area contributed by atoms with Gasteiger partial charge in [0, 0.05) is 24.0 Å². The Morgan fingerprint density at radius 2 is 2.09 bits per heavy atom. The Balaban J connectivity index is 2.17. The summed E-state index contributed by atoms with van der Waals surface area (Å²) in [6.45, 7) is 1.65. The first-order valence-corrected chi connectivity index (χ1v) is 9.26. The number of sulfonamides is 1. The first-order valence-electron chi connectivity index (χ1n) is 6.90.